The van der Waals surface area contributed by atoms with Crippen LogP contribution in [0.5, 0.6) is 0 Å². The van der Waals surface area contributed by atoms with E-state index in [1.807, 2.05) is 13.0 Å². The van der Waals surface area contributed by atoms with Gasteiger partial charge in [-0.05, 0) is 31.0 Å². The maximum Gasteiger partial charge on any atom is 0.407 e. The van der Waals surface area contributed by atoms with Crippen LogP contribution >= 0.6 is 0 Å². The van der Waals surface area contributed by atoms with Gasteiger partial charge in [0.25, 0.3) is 0 Å². The zero-order chi connectivity index (χ0) is 12.1. The standard InChI is InChI=1S/C12H14N2O2/c1-9(14(2)12(15)16)6-10-4-3-5-11(7-10)8-13/h3-5,7,9H,6H2,1-2H3,(H,15,16). The van der Waals surface area contributed by atoms with Gasteiger partial charge in [0.2, 0.25) is 0 Å². The Kier molecular flexibility index (Phi) is 3.90. The zero-order valence-corrected chi connectivity index (χ0v) is 9.34. The van der Waals surface area contributed by atoms with Crippen molar-refractivity contribution in [3.63, 3.8) is 0 Å². The highest BCUT2D eigenvalue weighted by atomic mass is 16.4. The smallest absolute Gasteiger partial charge is 0.407 e. The highest BCUT2D eigenvalue weighted by molar-refractivity contribution is 5.64. The Morgan fingerprint density at radius 1 is 1.62 bits per heavy atom. The fourth-order valence-corrected chi connectivity index (χ4v) is 1.43. The lowest BCUT2D eigenvalue weighted by Crippen LogP contribution is -2.35. The van der Waals surface area contributed by atoms with E-state index >= 15 is 0 Å². The van der Waals surface area contributed by atoms with Crippen LogP contribution in [0.25, 0.3) is 0 Å². The lowest BCUT2D eigenvalue weighted by atomic mass is 10.0. The molecule has 1 aromatic rings. The van der Waals surface area contributed by atoms with Crippen LogP contribution < -0.4 is 0 Å². The van der Waals surface area contributed by atoms with E-state index in [0.717, 1.165) is 5.56 Å². The molecule has 0 aromatic heterocycles. The summed E-state index contributed by atoms with van der Waals surface area (Å²) in [5.74, 6) is 0. The van der Waals surface area contributed by atoms with E-state index in [0.29, 0.717) is 12.0 Å². The molecule has 1 amide bonds. The van der Waals surface area contributed by atoms with Crippen molar-refractivity contribution >= 4 is 6.09 Å². The average molecular weight is 218 g/mol. The van der Waals surface area contributed by atoms with Crippen LogP contribution in [0.2, 0.25) is 0 Å². The van der Waals surface area contributed by atoms with E-state index in [4.69, 9.17) is 10.4 Å². The first-order chi connectivity index (χ1) is 7.54. The Hall–Kier alpha value is -2.02. The van der Waals surface area contributed by atoms with Crippen LogP contribution in [0.15, 0.2) is 24.3 Å². The molecule has 0 spiro atoms. The second kappa shape index (κ2) is 5.17. The number of hydrogen-bond acceptors (Lipinski definition) is 2. The molecular weight excluding hydrogens is 204 g/mol. The Balaban J connectivity index is 2.73. The molecule has 1 aromatic carbocycles. The molecule has 84 valence electrons. The van der Waals surface area contributed by atoms with Gasteiger partial charge in [-0.3, -0.25) is 0 Å². The van der Waals surface area contributed by atoms with Gasteiger partial charge in [-0.1, -0.05) is 12.1 Å². The zero-order valence-electron chi connectivity index (χ0n) is 9.34. The van der Waals surface area contributed by atoms with Gasteiger partial charge < -0.3 is 10.0 Å². The van der Waals surface area contributed by atoms with Crippen LogP contribution in [0.4, 0.5) is 4.79 Å². The van der Waals surface area contributed by atoms with Gasteiger partial charge >= 0.3 is 6.09 Å². The molecule has 0 fully saturated rings. The summed E-state index contributed by atoms with van der Waals surface area (Å²) in [5, 5.41) is 17.5. The van der Waals surface area contributed by atoms with Gasteiger partial charge in [-0.2, -0.15) is 5.26 Å². The predicted octanol–water partition coefficient (Wildman–Crippen LogP) is 2.10. The van der Waals surface area contributed by atoms with Crippen molar-refractivity contribution in [2.24, 2.45) is 0 Å². The summed E-state index contributed by atoms with van der Waals surface area (Å²) >= 11 is 0. The molecule has 0 aliphatic carbocycles. The molecule has 1 unspecified atom stereocenters. The first-order valence-corrected chi connectivity index (χ1v) is 4.99. The van der Waals surface area contributed by atoms with Crippen molar-refractivity contribution in [2.45, 2.75) is 19.4 Å². The van der Waals surface area contributed by atoms with Crippen molar-refractivity contribution in [3.05, 3.63) is 35.4 Å². The molecule has 1 atom stereocenters. The summed E-state index contributed by atoms with van der Waals surface area (Å²) < 4.78 is 0. The first-order valence-electron chi connectivity index (χ1n) is 4.99. The first kappa shape index (κ1) is 12.1. The van der Waals surface area contributed by atoms with E-state index in [9.17, 15) is 4.79 Å². The highest BCUT2D eigenvalue weighted by Gasteiger charge is 2.14. The SMILES string of the molecule is CC(Cc1cccc(C#N)c1)N(C)C(=O)O. The fraction of sp³-hybridized carbons (Fsp3) is 0.333. The highest BCUT2D eigenvalue weighted by Crippen LogP contribution is 2.09. The monoisotopic (exact) mass is 218 g/mol. The van der Waals surface area contributed by atoms with Crippen LogP contribution in [0, 0.1) is 11.3 Å². The van der Waals surface area contributed by atoms with E-state index in [1.54, 1.807) is 25.2 Å². The minimum atomic E-state index is -0.941. The molecule has 0 aliphatic heterocycles. The van der Waals surface area contributed by atoms with Gasteiger partial charge in [0.15, 0.2) is 0 Å². The van der Waals surface area contributed by atoms with Gasteiger partial charge in [-0.15, -0.1) is 0 Å². The molecule has 0 aliphatic rings. The molecular formula is C12H14N2O2. The molecule has 4 nitrogen and oxygen atoms in total. The van der Waals surface area contributed by atoms with Crippen molar-refractivity contribution in [3.8, 4) is 6.07 Å². The number of rotatable bonds is 3. The van der Waals surface area contributed by atoms with E-state index in [-0.39, 0.29) is 6.04 Å². The van der Waals surface area contributed by atoms with Gasteiger partial charge in [0, 0.05) is 13.1 Å². The van der Waals surface area contributed by atoms with Crippen molar-refractivity contribution < 1.29 is 9.90 Å². The molecule has 0 radical (unpaired) electrons. The molecule has 1 N–H and O–H groups in total. The van der Waals surface area contributed by atoms with E-state index in [1.165, 1.54) is 4.90 Å². The third kappa shape index (κ3) is 2.99. The number of benzene rings is 1. The topological polar surface area (TPSA) is 64.3 Å². The Labute approximate surface area is 94.7 Å². The Bertz CT molecular complexity index is 423. The summed E-state index contributed by atoms with van der Waals surface area (Å²) in [7, 11) is 1.54. The lowest BCUT2D eigenvalue weighted by molar-refractivity contribution is 0.141. The quantitative estimate of drug-likeness (QED) is 0.844. The molecule has 16 heavy (non-hydrogen) atoms. The number of nitriles is 1. The third-order valence-corrected chi connectivity index (χ3v) is 2.55. The Morgan fingerprint density at radius 3 is 2.88 bits per heavy atom. The number of likely N-dealkylation sites (N-methyl/N-ethyl adjacent to an activating group) is 1. The molecule has 0 saturated heterocycles. The maximum absolute atomic E-state index is 10.7. The van der Waals surface area contributed by atoms with Crippen LogP contribution in [0.3, 0.4) is 0 Å². The normalized spacial score (nSPS) is 11.6. The summed E-state index contributed by atoms with van der Waals surface area (Å²) in [5.41, 5.74) is 1.57. The van der Waals surface area contributed by atoms with Crippen LogP contribution in [0.1, 0.15) is 18.1 Å². The van der Waals surface area contributed by atoms with Crippen molar-refractivity contribution in [1.29, 1.82) is 5.26 Å². The lowest BCUT2D eigenvalue weighted by Gasteiger charge is -2.21. The Morgan fingerprint density at radius 2 is 2.31 bits per heavy atom. The second-order valence-electron chi connectivity index (χ2n) is 3.76. The summed E-state index contributed by atoms with van der Waals surface area (Å²) in [6.45, 7) is 1.84. The number of nitrogens with zero attached hydrogens (tertiary/aromatic N) is 2. The molecule has 0 saturated carbocycles. The van der Waals surface area contributed by atoms with Crippen LogP contribution in [-0.4, -0.2) is 29.2 Å². The summed E-state index contributed by atoms with van der Waals surface area (Å²) in [6, 6.07) is 9.18. The van der Waals surface area contributed by atoms with E-state index < -0.39 is 6.09 Å². The second-order valence-corrected chi connectivity index (χ2v) is 3.76. The van der Waals surface area contributed by atoms with Gasteiger partial charge in [0.05, 0.1) is 11.6 Å². The minimum absolute atomic E-state index is 0.105. The number of amides is 1. The molecule has 4 heteroatoms. The predicted molar refractivity (Wildman–Crippen MR) is 60.1 cm³/mol. The van der Waals surface area contributed by atoms with Gasteiger partial charge in [0.1, 0.15) is 0 Å². The fourth-order valence-electron chi connectivity index (χ4n) is 1.43. The van der Waals surface area contributed by atoms with Crippen molar-refractivity contribution in [1.82, 2.24) is 4.90 Å². The van der Waals surface area contributed by atoms with Crippen LogP contribution in [-0.2, 0) is 6.42 Å². The van der Waals surface area contributed by atoms with E-state index in [2.05, 4.69) is 6.07 Å². The number of carbonyl (C=O) groups is 1. The van der Waals surface area contributed by atoms with Gasteiger partial charge in [-0.25, -0.2) is 4.79 Å². The number of carboxylic acid groups (broad SMARTS) is 1. The summed E-state index contributed by atoms with van der Waals surface area (Å²) in [6.07, 6.45) is -0.331. The minimum Gasteiger partial charge on any atom is -0.465 e. The molecule has 1 rings (SSSR count). The molecule has 0 bridgehead atoms. The largest absolute Gasteiger partial charge is 0.465 e. The average Bonchev–Trinajstić information content (AvgIpc) is 2.28. The molecule has 0 heterocycles. The number of hydrogen-bond donors (Lipinski definition) is 1. The van der Waals surface area contributed by atoms with Crippen molar-refractivity contribution in [2.75, 3.05) is 7.05 Å². The third-order valence-electron chi connectivity index (χ3n) is 2.55. The summed E-state index contributed by atoms with van der Waals surface area (Å²) in [4.78, 5) is 12.0. The maximum atomic E-state index is 10.7.